The van der Waals surface area contributed by atoms with Crippen LogP contribution in [0.4, 0.5) is 4.79 Å². The Morgan fingerprint density at radius 2 is 2.11 bits per heavy atom. The van der Waals surface area contributed by atoms with Gasteiger partial charge >= 0.3 is 6.09 Å². The van der Waals surface area contributed by atoms with E-state index in [0.717, 1.165) is 25.8 Å². The van der Waals surface area contributed by atoms with Crippen LogP contribution in [-0.2, 0) is 4.74 Å². The molecule has 0 bridgehead atoms. The maximum atomic E-state index is 11.9. The largest absolute Gasteiger partial charge is 0.444 e. The third kappa shape index (κ3) is 2.21. The topological polar surface area (TPSA) is 53.3 Å². The van der Waals surface area contributed by atoms with Crippen LogP contribution >= 0.6 is 0 Å². The summed E-state index contributed by atoms with van der Waals surface area (Å²) in [6.07, 6.45) is 1.81. The molecule has 0 radical (unpaired) electrons. The van der Waals surface area contributed by atoms with E-state index in [9.17, 15) is 4.79 Å². The highest BCUT2D eigenvalue weighted by Gasteiger charge is 2.56. The molecule has 1 amide bonds. The minimum Gasteiger partial charge on any atom is -0.444 e. The normalized spacial score (nSPS) is 25.8. The third-order valence-corrected chi connectivity index (χ3v) is 4.35. The van der Waals surface area contributed by atoms with Gasteiger partial charge in [0.15, 0.2) is 0 Å². The van der Waals surface area contributed by atoms with E-state index in [1.165, 1.54) is 0 Å². The summed E-state index contributed by atoms with van der Waals surface area (Å²) < 4.78 is 5.35. The highest BCUT2D eigenvalue weighted by molar-refractivity contribution is 6.69. The van der Waals surface area contributed by atoms with Gasteiger partial charge in [-0.1, -0.05) is 19.7 Å². The molecule has 1 spiro atoms. The lowest BCUT2D eigenvalue weighted by Crippen LogP contribution is -2.59. The van der Waals surface area contributed by atoms with Gasteiger partial charge < -0.3 is 9.64 Å². The van der Waals surface area contributed by atoms with Gasteiger partial charge in [0.05, 0.1) is 0 Å². The zero-order valence-electron chi connectivity index (χ0n) is 11.7. The van der Waals surface area contributed by atoms with E-state index >= 15 is 0 Å². The quantitative estimate of drug-likeness (QED) is 0.619. The van der Waals surface area contributed by atoms with Gasteiger partial charge in [-0.05, 0) is 26.6 Å². The van der Waals surface area contributed by atoms with Crippen molar-refractivity contribution in [3.63, 3.8) is 0 Å². The second kappa shape index (κ2) is 4.19. The molecule has 4 nitrogen and oxygen atoms in total. The average molecular weight is 248 g/mol. The number of nitriles is 1. The first-order valence-corrected chi connectivity index (χ1v) is 6.65. The van der Waals surface area contributed by atoms with Crippen LogP contribution in [0, 0.1) is 16.6 Å². The van der Waals surface area contributed by atoms with Crippen molar-refractivity contribution >= 4 is 12.8 Å². The third-order valence-electron chi connectivity index (χ3n) is 4.35. The van der Waals surface area contributed by atoms with E-state index in [1.54, 1.807) is 4.90 Å². The first-order chi connectivity index (χ1) is 8.27. The number of amides is 1. The molecule has 0 aromatic rings. The standard InChI is InChI=1S/C13H21BN2O2/c1-10-13(5-6-14(10)9-15)7-16(8-13)11(17)18-12(2,3)4/h10H,5-8H2,1-4H3. The van der Waals surface area contributed by atoms with Crippen LogP contribution in [0.3, 0.4) is 0 Å². The molecule has 0 aromatic heterocycles. The van der Waals surface area contributed by atoms with Crippen LogP contribution in [0.1, 0.15) is 34.1 Å². The van der Waals surface area contributed by atoms with E-state index in [2.05, 4.69) is 12.9 Å². The lowest BCUT2D eigenvalue weighted by Gasteiger charge is -2.51. The number of hydrogen-bond donors (Lipinski definition) is 0. The molecule has 2 aliphatic heterocycles. The van der Waals surface area contributed by atoms with Crippen LogP contribution in [0.2, 0.25) is 12.1 Å². The van der Waals surface area contributed by atoms with Gasteiger partial charge in [0.25, 0.3) is 6.71 Å². The first-order valence-electron chi connectivity index (χ1n) is 6.65. The number of carbonyl (C=O) groups is 1. The zero-order valence-corrected chi connectivity index (χ0v) is 11.7. The molecule has 0 aliphatic carbocycles. The van der Waals surface area contributed by atoms with Crippen LogP contribution < -0.4 is 0 Å². The summed E-state index contributed by atoms with van der Waals surface area (Å²) in [4.78, 5) is 13.6. The SMILES string of the molecule is CC1B(C#N)CCC12CN(C(=O)OC(C)(C)C)C2. The molecule has 0 saturated carbocycles. The van der Waals surface area contributed by atoms with Crippen molar-refractivity contribution in [2.75, 3.05) is 13.1 Å². The second-order valence-electron chi connectivity index (χ2n) is 6.76. The molecule has 2 fully saturated rings. The Labute approximate surface area is 109 Å². The Bertz CT molecular complexity index is 391. The number of carbonyl (C=O) groups excluding carboxylic acids is 1. The van der Waals surface area contributed by atoms with Crippen molar-refractivity contribution < 1.29 is 9.53 Å². The first kappa shape index (κ1) is 13.3. The van der Waals surface area contributed by atoms with Crippen LogP contribution in [0.15, 0.2) is 0 Å². The molecule has 1 atom stereocenters. The number of ether oxygens (including phenoxy) is 1. The molecular weight excluding hydrogens is 227 g/mol. The van der Waals surface area contributed by atoms with Crippen molar-refractivity contribution in [2.45, 2.75) is 51.9 Å². The van der Waals surface area contributed by atoms with Gasteiger partial charge in [-0.2, -0.15) is 0 Å². The fraction of sp³-hybridized carbons (Fsp3) is 0.846. The number of nitrogens with zero attached hydrogens (tertiary/aromatic N) is 2. The molecule has 2 saturated heterocycles. The summed E-state index contributed by atoms with van der Waals surface area (Å²) in [5.41, 5.74) is -0.256. The minimum atomic E-state index is -0.434. The van der Waals surface area contributed by atoms with E-state index in [1.807, 2.05) is 20.8 Å². The molecule has 1 unspecified atom stereocenters. The maximum absolute atomic E-state index is 11.9. The lowest BCUT2D eigenvalue weighted by molar-refractivity contribution is -0.0337. The molecule has 2 aliphatic rings. The fourth-order valence-corrected chi connectivity index (χ4v) is 3.14. The molecule has 0 N–H and O–H groups in total. The number of likely N-dealkylation sites (tertiary alicyclic amines) is 1. The lowest BCUT2D eigenvalue weighted by atomic mass is 9.41. The molecule has 2 rings (SSSR count). The van der Waals surface area contributed by atoms with Crippen molar-refractivity contribution in [3.05, 3.63) is 0 Å². The Balaban J connectivity index is 1.91. The van der Waals surface area contributed by atoms with Crippen molar-refractivity contribution in [1.82, 2.24) is 4.90 Å². The minimum absolute atomic E-state index is 0.158. The predicted octanol–water partition coefficient (Wildman–Crippen LogP) is 2.57. The molecular formula is C13H21BN2O2. The Hall–Kier alpha value is -1.18. The Morgan fingerprint density at radius 1 is 1.50 bits per heavy atom. The molecule has 98 valence electrons. The summed E-state index contributed by atoms with van der Waals surface area (Å²) in [5, 5.41) is 9.06. The van der Waals surface area contributed by atoms with Crippen molar-refractivity contribution in [3.8, 4) is 5.97 Å². The predicted molar refractivity (Wildman–Crippen MR) is 70.5 cm³/mol. The average Bonchev–Trinajstić information content (AvgIpc) is 2.50. The second-order valence-corrected chi connectivity index (χ2v) is 6.76. The summed E-state index contributed by atoms with van der Waals surface area (Å²) in [7, 11) is 0. The summed E-state index contributed by atoms with van der Waals surface area (Å²) in [5.74, 6) is 2.77. The number of hydrogen-bond acceptors (Lipinski definition) is 3. The molecule has 0 aromatic carbocycles. The van der Waals surface area contributed by atoms with Crippen molar-refractivity contribution in [2.24, 2.45) is 5.41 Å². The van der Waals surface area contributed by atoms with E-state index < -0.39 is 5.60 Å². The molecule has 2 heterocycles. The maximum Gasteiger partial charge on any atom is 0.410 e. The van der Waals surface area contributed by atoms with Gasteiger partial charge in [-0.15, -0.1) is 0 Å². The fourth-order valence-electron chi connectivity index (χ4n) is 3.14. The molecule has 5 heteroatoms. The van der Waals surface area contributed by atoms with Gasteiger partial charge in [-0.3, -0.25) is 0 Å². The van der Waals surface area contributed by atoms with Gasteiger partial charge in [0.1, 0.15) is 5.60 Å². The van der Waals surface area contributed by atoms with E-state index in [0.29, 0.717) is 5.82 Å². The monoisotopic (exact) mass is 248 g/mol. The van der Waals surface area contributed by atoms with E-state index in [-0.39, 0.29) is 18.2 Å². The molecule has 18 heavy (non-hydrogen) atoms. The highest BCUT2D eigenvalue weighted by atomic mass is 16.6. The van der Waals surface area contributed by atoms with Crippen molar-refractivity contribution in [1.29, 1.82) is 5.26 Å². The van der Waals surface area contributed by atoms with Crippen LogP contribution in [0.5, 0.6) is 0 Å². The summed E-state index contributed by atoms with van der Waals surface area (Å²) >= 11 is 0. The highest BCUT2D eigenvalue weighted by Crippen LogP contribution is 2.53. The number of rotatable bonds is 0. The van der Waals surface area contributed by atoms with Gasteiger partial charge in [0, 0.05) is 24.5 Å². The Morgan fingerprint density at radius 3 is 2.56 bits per heavy atom. The summed E-state index contributed by atoms with van der Waals surface area (Å²) in [6.45, 7) is 9.44. The Kier molecular flexibility index (Phi) is 3.08. The van der Waals surface area contributed by atoms with Gasteiger partial charge in [-0.25, -0.2) is 10.1 Å². The zero-order chi connectivity index (χ0) is 13.6. The van der Waals surface area contributed by atoms with E-state index in [4.69, 9.17) is 10.00 Å². The van der Waals surface area contributed by atoms with Gasteiger partial charge in [0.2, 0.25) is 0 Å². The summed E-state index contributed by atoms with van der Waals surface area (Å²) in [6, 6.07) is 0. The van der Waals surface area contributed by atoms with Crippen LogP contribution in [0.25, 0.3) is 0 Å². The smallest absolute Gasteiger partial charge is 0.410 e. The van der Waals surface area contributed by atoms with Crippen LogP contribution in [-0.4, -0.2) is 36.4 Å².